The van der Waals surface area contributed by atoms with Crippen molar-refractivity contribution in [2.24, 2.45) is 0 Å². The molecule has 20 heavy (non-hydrogen) atoms. The van der Waals surface area contributed by atoms with Gasteiger partial charge in [-0.15, -0.1) is 0 Å². The van der Waals surface area contributed by atoms with Gasteiger partial charge in [0.15, 0.2) is 0 Å². The molecule has 0 atom stereocenters. The Kier molecular flexibility index (Phi) is 4.14. The number of phenols is 1. The summed E-state index contributed by atoms with van der Waals surface area (Å²) in [7, 11) is 0. The van der Waals surface area contributed by atoms with E-state index in [2.05, 4.69) is 10.3 Å². The van der Waals surface area contributed by atoms with Crippen molar-refractivity contribution in [3.63, 3.8) is 0 Å². The van der Waals surface area contributed by atoms with E-state index < -0.39 is 4.92 Å². The number of aromatic hydroxyl groups is 1. The zero-order valence-electron chi connectivity index (χ0n) is 11.0. The molecule has 6 nitrogen and oxygen atoms in total. The van der Waals surface area contributed by atoms with Crippen LogP contribution in [-0.2, 0) is 6.42 Å². The molecule has 0 spiro atoms. The summed E-state index contributed by atoms with van der Waals surface area (Å²) < 4.78 is 0. The van der Waals surface area contributed by atoms with Gasteiger partial charge in [-0.25, -0.2) is 4.98 Å². The number of hydrogen-bond acceptors (Lipinski definition) is 5. The number of phenolic OH excluding ortho intramolecular Hbond substituents is 1. The van der Waals surface area contributed by atoms with Crippen LogP contribution in [-0.4, -0.2) is 21.6 Å². The quantitative estimate of drug-likeness (QED) is 0.645. The SMILES string of the molecule is Cc1cc(NCCc2cccc(O)c2)ncc1[N+](=O)[O-]. The molecule has 0 aliphatic heterocycles. The third-order valence-corrected chi connectivity index (χ3v) is 2.91. The lowest BCUT2D eigenvalue weighted by Crippen LogP contribution is -2.07. The summed E-state index contributed by atoms with van der Waals surface area (Å²) in [6, 6.07) is 8.70. The van der Waals surface area contributed by atoms with E-state index >= 15 is 0 Å². The van der Waals surface area contributed by atoms with E-state index in [4.69, 9.17) is 0 Å². The van der Waals surface area contributed by atoms with Gasteiger partial charge in [0.2, 0.25) is 0 Å². The highest BCUT2D eigenvalue weighted by Crippen LogP contribution is 2.19. The van der Waals surface area contributed by atoms with E-state index in [9.17, 15) is 15.2 Å². The molecule has 1 aromatic heterocycles. The van der Waals surface area contributed by atoms with Crippen LogP contribution in [0, 0.1) is 17.0 Å². The minimum absolute atomic E-state index is 0.0172. The molecule has 0 saturated heterocycles. The molecule has 2 aromatic rings. The maximum absolute atomic E-state index is 10.7. The number of nitro groups is 1. The first-order valence-electron chi connectivity index (χ1n) is 6.19. The normalized spacial score (nSPS) is 10.2. The Morgan fingerprint density at radius 3 is 2.85 bits per heavy atom. The summed E-state index contributed by atoms with van der Waals surface area (Å²) in [5.74, 6) is 0.847. The molecule has 2 rings (SSSR count). The number of rotatable bonds is 5. The van der Waals surface area contributed by atoms with Crippen molar-refractivity contribution >= 4 is 11.5 Å². The van der Waals surface area contributed by atoms with Crippen LogP contribution in [0.15, 0.2) is 36.5 Å². The van der Waals surface area contributed by atoms with E-state index in [0.29, 0.717) is 17.9 Å². The summed E-state index contributed by atoms with van der Waals surface area (Å²) >= 11 is 0. The lowest BCUT2D eigenvalue weighted by molar-refractivity contribution is -0.385. The maximum atomic E-state index is 10.7. The molecule has 0 amide bonds. The Morgan fingerprint density at radius 1 is 1.40 bits per heavy atom. The summed E-state index contributed by atoms with van der Waals surface area (Å²) in [5.41, 5.74) is 1.60. The summed E-state index contributed by atoms with van der Waals surface area (Å²) in [4.78, 5) is 14.2. The van der Waals surface area contributed by atoms with Crippen molar-refractivity contribution in [1.29, 1.82) is 0 Å². The molecule has 0 aliphatic rings. The summed E-state index contributed by atoms with van der Waals surface area (Å²) in [6.07, 6.45) is 1.98. The first-order valence-corrected chi connectivity index (χ1v) is 6.19. The second-order valence-corrected chi connectivity index (χ2v) is 4.46. The number of hydrogen-bond donors (Lipinski definition) is 2. The van der Waals surface area contributed by atoms with Gasteiger partial charge >= 0.3 is 0 Å². The lowest BCUT2D eigenvalue weighted by Gasteiger charge is -2.07. The lowest BCUT2D eigenvalue weighted by atomic mass is 10.1. The Morgan fingerprint density at radius 2 is 2.20 bits per heavy atom. The number of nitrogens with one attached hydrogen (secondary N) is 1. The topological polar surface area (TPSA) is 88.3 Å². The molecule has 0 bridgehead atoms. The predicted molar refractivity (Wildman–Crippen MR) is 75.9 cm³/mol. The molecule has 0 radical (unpaired) electrons. The van der Waals surface area contributed by atoms with E-state index in [1.54, 1.807) is 31.2 Å². The number of aryl methyl sites for hydroxylation is 1. The Bertz CT molecular complexity index is 629. The monoisotopic (exact) mass is 273 g/mol. The van der Waals surface area contributed by atoms with Crippen LogP contribution >= 0.6 is 0 Å². The second-order valence-electron chi connectivity index (χ2n) is 4.46. The molecular formula is C14H15N3O3. The highest BCUT2D eigenvalue weighted by atomic mass is 16.6. The van der Waals surface area contributed by atoms with Crippen molar-refractivity contribution in [2.75, 3.05) is 11.9 Å². The van der Waals surface area contributed by atoms with Gasteiger partial charge in [-0.05, 0) is 37.1 Å². The highest BCUT2D eigenvalue weighted by molar-refractivity contribution is 5.46. The standard InChI is InChI=1S/C14H15N3O3/c1-10-7-14(16-9-13(10)17(19)20)15-6-5-11-3-2-4-12(18)8-11/h2-4,7-9,18H,5-6H2,1H3,(H,15,16). The number of pyridine rings is 1. The number of benzene rings is 1. The van der Waals surface area contributed by atoms with Crippen molar-refractivity contribution in [3.8, 4) is 5.75 Å². The largest absolute Gasteiger partial charge is 0.508 e. The molecule has 0 saturated carbocycles. The van der Waals surface area contributed by atoms with Gasteiger partial charge in [-0.2, -0.15) is 0 Å². The fourth-order valence-corrected chi connectivity index (χ4v) is 1.88. The molecular weight excluding hydrogens is 258 g/mol. The molecule has 1 aromatic carbocycles. The number of nitrogens with zero attached hydrogens (tertiary/aromatic N) is 2. The van der Waals surface area contributed by atoms with Gasteiger partial charge in [0.1, 0.15) is 17.8 Å². The van der Waals surface area contributed by atoms with Crippen LogP contribution in [0.3, 0.4) is 0 Å². The van der Waals surface area contributed by atoms with Gasteiger partial charge in [0.05, 0.1) is 4.92 Å². The maximum Gasteiger partial charge on any atom is 0.290 e. The molecule has 1 heterocycles. The van der Waals surface area contributed by atoms with E-state index in [0.717, 1.165) is 12.0 Å². The molecule has 0 unspecified atom stereocenters. The zero-order chi connectivity index (χ0) is 14.5. The highest BCUT2D eigenvalue weighted by Gasteiger charge is 2.10. The predicted octanol–water partition coefficient (Wildman–Crippen LogP) is 2.66. The van der Waals surface area contributed by atoms with E-state index in [1.807, 2.05) is 6.07 Å². The van der Waals surface area contributed by atoms with E-state index in [1.165, 1.54) is 6.20 Å². The van der Waals surface area contributed by atoms with Crippen LogP contribution in [0.1, 0.15) is 11.1 Å². The van der Waals surface area contributed by atoms with Gasteiger partial charge in [-0.1, -0.05) is 12.1 Å². The van der Waals surface area contributed by atoms with Crippen molar-refractivity contribution in [1.82, 2.24) is 4.98 Å². The molecule has 0 aliphatic carbocycles. The van der Waals surface area contributed by atoms with Gasteiger partial charge in [0.25, 0.3) is 5.69 Å². The number of aromatic nitrogens is 1. The summed E-state index contributed by atoms with van der Waals surface area (Å²) in [5, 5.41) is 23.1. The average Bonchev–Trinajstić information content (AvgIpc) is 2.38. The smallest absolute Gasteiger partial charge is 0.290 e. The van der Waals surface area contributed by atoms with Crippen LogP contribution < -0.4 is 5.32 Å². The van der Waals surface area contributed by atoms with Crippen LogP contribution in [0.25, 0.3) is 0 Å². The third kappa shape index (κ3) is 3.44. The Balaban J connectivity index is 1.94. The first kappa shape index (κ1) is 13.8. The van der Waals surface area contributed by atoms with Crippen molar-refractivity contribution in [2.45, 2.75) is 13.3 Å². The molecule has 6 heteroatoms. The average molecular weight is 273 g/mol. The molecule has 104 valence electrons. The Labute approximate surface area is 116 Å². The second kappa shape index (κ2) is 6.01. The fourth-order valence-electron chi connectivity index (χ4n) is 1.88. The van der Waals surface area contributed by atoms with Crippen LogP contribution in [0.2, 0.25) is 0 Å². The number of anilines is 1. The van der Waals surface area contributed by atoms with Crippen molar-refractivity contribution in [3.05, 3.63) is 57.8 Å². The van der Waals surface area contributed by atoms with E-state index in [-0.39, 0.29) is 11.4 Å². The fraction of sp³-hybridized carbons (Fsp3) is 0.214. The van der Waals surface area contributed by atoms with Crippen LogP contribution in [0.5, 0.6) is 5.75 Å². The zero-order valence-corrected chi connectivity index (χ0v) is 11.0. The van der Waals surface area contributed by atoms with Crippen LogP contribution in [0.4, 0.5) is 11.5 Å². The minimum atomic E-state index is -0.446. The summed E-state index contributed by atoms with van der Waals surface area (Å²) in [6.45, 7) is 2.31. The first-order chi connectivity index (χ1) is 9.56. The minimum Gasteiger partial charge on any atom is -0.508 e. The van der Waals surface area contributed by atoms with Gasteiger partial charge in [0, 0.05) is 12.1 Å². The molecule has 0 fully saturated rings. The van der Waals surface area contributed by atoms with Gasteiger partial charge in [-0.3, -0.25) is 10.1 Å². The van der Waals surface area contributed by atoms with Gasteiger partial charge < -0.3 is 10.4 Å². The van der Waals surface area contributed by atoms with Crippen molar-refractivity contribution < 1.29 is 10.0 Å². The third-order valence-electron chi connectivity index (χ3n) is 2.91. The Hall–Kier alpha value is -2.63. The molecule has 2 N–H and O–H groups in total.